The summed E-state index contributed by atoms with van der Waals surface area (Å²) < 4.78 is 47.2. The molecule has 2 aliphatic heterocycles. The summed E-state index contributed by atoms with van der Waals surface area (Å²) in [6.07, 6.45) is 20.5. The van der Waals surface area contributed by atoms with Gasteiger partial charge in [0.15, 0.2) is 0 Å². The van der Waals surface area contributed by atoms with Crippen LogP contribution < -0.4 is 9.64 Å². The van der Waals surface area contributed by atoms with E-state index in [2.05, 4.69) is 26.6 Å². The normalized spacial score (nSPS) is 17.2. The first-order chi connectivity index (χ1) is 25.3. The minimum Gasteiger partial charge on any atom is -0.494 e. The molecule has 0 amide bonds. The van der Waals surface area contributed by atoms with Crippen molar-refractivity contribution in [2.75, 3.05) is 70.2 Å². The van der Waals surface area contributed by atoms with Crippen molar-refractivity contribution < 1.29 is 22.5 Å². The summed E-state index contributed by atoms with van der Waals surface area (Å²) in [5.41, 5.74) is 1.34. The SMILES string of the molecule is CCCCCCCCCCCCCCOc1ccc(S(=O)(=O)c2cnc3ccc(S(C)=O)cc3c2N2CCC(N3CCN(CCO)CC3)CC2)cc1. The van der Waals surface area contributed by atoms with Gasteiger partial charge in [0.2, 0.25) is 9.84 Å². The van der Waals surface area contributed by atoms with Crippen molar-refractivity contribution >= 4 is 37.2 Å². The molecular weight excluding hydrogens is 693 g/mol. The van der Waals surface area contributed by atoms with Gasteiger partial charge in [-0.3, -0.25) is 19.0 Å². The van der Waals surface area contributed by atoms with Gasteiger partial charge >= 0.3 is 0 Å². The van der Waals surface area contributed by atoms with E-state index in [0.717, 1.165) is 58.4 Å². The van der Waals surface area contributed by atoms with Crippen LogP contribution in [0.25, 0.3) is 10.9 Å². The van der Waals surface area contributed by atoms with Crippen molar-refractivity contribution in [3.63, 3.8) is 0 Å². The number of ether oxygens (including phenoxy) is 1. The van der Waals surface area contributed by atoms with E-state index in [1.54, 1.807) is 30.5 Å². The number of aromatic nitrogens is 1. The number of rotatable bonds is 21. The fourth-order valence-electron chi connectivity index (χ4n) is 7.76. The third-order valence-electron chi connectivity index (χ3n) is 10.9. The summed E-state index contributed by atoms with van der Waals surface area (Å²) in [4.78, 5) is 12.7. The lowest BCUT2D eigenvalue weighted by Crippen LogP contribution is -2.53. The van der Waals surface area contributed by atoms with Crippen molar-refractivity contribution in [1.82, 2.24) is 14.8 Å². The molecule has 3 aromatic rings. The van der Waals surface area contributed by atoms with Crippen LogP contribution in [-0.2, 0) is 20.6 Å². The number of aliphatic hydroxyl groups excluding tert-OH is 1. The van der Waals surface area contributed by atoms with Gasteiger partial charge in [-0.2, -0.15) is 0 Å². The summed E-state index contributed by atoms with van der Waals surface area (Å²) in [5, 5.41) is 10.0. The molecule has 1 atom stereocenters. The van der Waals surface area contributed by atoms with Gasteiger partial charge in [0.05, 0.1) is 29.3 Å². The molecule has 0 aliphatic carbocycles. The van der Waals surface area contributed by atoms with Gasteiger partial charge < -0.3 is 14.7 Å². The van der Waals surface area contributed by atoms with Crippen molar-refractivity contribution in [1.29, 1.82) is 0 Å². The summed E-state index contributed by atoms with van der Waals surface area (Å²) in [5.74, 6) is 0.674. The third kappa shape index (κ3) is 11.2. The lowest BCUT2D eigenvalue weighted by Gasteiger charge is -2.43. The average molecular weight is 755 g/mol. The molecule has 1 unspecified atom stereocenters. The van der Waals surface area contributed by atoms with Gasteiger partial charge in [-0.15, -0.1) is 0 Å². The quantitative estimate of drug-likeness (QED) is 0.111. The molecule has 2 fully saturated rings. The zero-order chi connectivity index (χ0) is 36.8. The van der Waals surface area contributed by atoms with E-state index in [1.165, 1.54) is 70.4 Å². The maximum atomic E-state index is 14.4. The van der Waals surface area contributed by atoms with Crippen LogP contribution in [0.1, 0.15) is 96.8 Å². The van der Waals surface area contributed by atoms with E-state index < -0.39 is 20.6 Å². The number of nitrogens with zero attached hydrogens (tertiary/aromatic N) is 4. The number of hydrogen-bond acceptors (Lipinski definition) is 9. The van der Waals surface area contributed by atoms with Gasteiger partial charge in [0.25, 0.3) is 0 Å². The van der Waals surface area contributed by atoms with Crippen LogP contribution in [0.5, 0.6) is 5.75 Å². The first-order valence-corrected chi connectivity index (χ1v) is 22.9. The Labute approximate surface area is 315 Å². The number of piperidine rings is 1. The Morgan fingerprint density at radius 1 is 0.827 bits per heavy atom. The molecule has 2 saturated heterocycles. The molecule has 3 heterocycles. The molecule has 0 radical (unpaired) electrons. The molecule has 1 aromatic heterocycles. The van der Waals surface area contributed by atoms with E-state index in [4.69, 9.17) is 4.74 Å². The second-order valence-corrected chi connectivity index (χ2v) is 17.9. The molecule has 288 valence electrons. The molecule has 2 aliphatic rings. The van der Waals surface area contributed by atoms with Crippen LogP contribution in [0.4, 0.5) is 5.69 Å². The Morgan fingerprint density at radius 2 is 1.44 bits per heavy atom. The third-order valence-corrected chi connectivity index (χ3v) is 13.6. The van der Waals surface area contributed by atoms with Gasteiger partial charge in [0.1, 0.15) is 10.6 Å². The molecule has 52 heavy (non-hydrogen) atoms. The number of hydrogen-bond donors (Lipinski definition) is 1. The fourth-order valence-corrected chi connectivity index (χ4v) is 9.74. The highest BCUT2D eigenvalue weighted by molar-refractivity contribution is 7.91. The number of anilines is 1. The van der Waals surface area contributed by atoms with E-state index in [9.17, 15) is 17.7 Å². The molecule has 0 bridgehead atoms. The highest BCUT2D eigenvalue weighted by Gasteiger charge is 2.32. The zero-order valence-electron chi connectivity index (χ0n) is 31.6. The molecule has 2 aromatic carbocycles. The van der Waals surface area contributed by atoms with E-state index in [0.29, 0.717) is 53.0 Å². The minimum atomic E-state index is -3.93. The highest BCUT2D eigenvalue weighted by atomic mass is 32.2. The topological polar surface area (TPSA) is 103 Å². The Kier molecular flexibility index (Phi) is 16.2. The summed E-state index contributed by atoms with van der Waals surface area (Å²) in [6.45, 7) is 9.10. The number of β-amino-alcohol motifs (C(OH)–C–C–N with tert-alkyl or cyclic N) is 1. The molecular formula is C41H62N4O5S2. The van der Waals surface area contributed by atoms with Crippen molar-refractivity contribution in [2.45, 2.75) is 118 Å². The average Bonchev–Trinajstić information content (AvgIpc) is 3.16. The summed E-state index contributed by atoms with van der Waals surface area (Å²) >= 11 is 0. The van der Waals surface area contributed by atoms with Crippen molar-refractivity contribution in [3.8, 4) is 5.75 Å². The van der Waals surface area contributed by atoms with E-state index in [1.807, 2.05) is 18.2 Å². The summed E-state index contributed by atoms with van der Waals surface area (Å²) in [6, 6.07) is 12.7. The second kappa shape index (κ2) is 20.8. The molecule has 1 N–H and O–H groups in total. The summed E-state index contributed by atoms with van der Waals surface area (Å²) in [7, 11) is -5.15. The highest BCUT2D eigenvalue weighted by Crippen LogP contribution is 2.38. The number of piperazine rings is 1. The lowest BCUT2D eigenvalue weighted by atomic mass is 10.0. The maximum Gasteiger partial charge on any atom is 0.210 e. The first kappa shape index (κ1) is 40.6. The van der Waals surface area contributed by atoms with Crippen LogP contribution in [0.15, 0.2) is 63.3 Å². The Hall–Kier alpha value is -2.57. The fraction of sp³-hybridized carbons (Fsp3) is 0.634. The van der Waals surface area contributed by atoms with Gasteiger partial charge in [-0.25, -0.2) is 8.42 Å². The van der Waals surface area contributed by atoms with Crippen LogP contribution in [0.2, 0.25) is 0 Å². The first-order valence-electron chi connectivity index (χ1n) is 19.9. The lowest BCUT2D eigenvalue weighted by molar-refractivity contribution is 0.0747. The molecule has 11 heteroatoms. The largest absolute Gasteiger partial charge is 0.494 e. The standard InChI is InChI=1S/C41H62N4O5S2/c1-3-4-5-6-7-8-9-10-11-12-13-14-31-50-35-15-18-37(19-16-35)52(48,49)40-33-42-39-20-17-36(51(2)47)32-38(39)41(40)45-23-21-34(22-24-45)44-27-25-43(26-28-44)29-30-46/h15-20,32-34,46H,3-14,21-31H2,1-2H3. The van der Waals surface area contributed by atoms with E-state index >= 15 is 0 Å². The van der Waals surface area contributed by atoms with Gasteiger partial charge in [-0.05, 0) is 61.7 Å². The monoisotopic (exact) mass is 754 g/mol. The molecule has 0 saturated carbocycles. The number of benzene rings is 2. The number of sulfone groups is 1. The maximum absolute atomic E-state index is 14.4. The van der Waals surface area contributed by atoms with Crippen LogP contribution in [0, 0.1) is 0 Å². The molecule has 9 nitrogen and oxygen atoms in total. The zero-order valence-corrected chi connectivity index (χ0v) is 33.3. The molecule has 0 spiro atoms. The van der Waals surface area contributed by atoms with Crippen molar-refractivity contribution in [2.24, 2.45) is 0 Å². The van der Waals surface area contributed by atoms with Crippen LogP contribution in [-0.4, -0.2) is 104 Å². The number of fused-ring (bicyclic) bond motifs is 1. The Bertz CT molecular complexity index is 1650. The number of aliphatic hydroxyl groups is 1. The second-order valence-electron chi connectivity index (χ2n) is 14.6. The van der Waals surface area contributed by atoms with Gasteiger partial charge in [-0.1, -0.05) is 77.6 Å². The van der Waals surface area contributed by atoms with Crippen LogP contribution >= 0.6 is 0 Å². The number of pyridine rings is 1. The predicted molar refractivity (Wildman–Crippen MR) is 213 cm³/mol. The van der Waals surface area contributed by atoms with Crippen molar-refractivity contribution in [3.05, 3.63) is 48.7 Å². The minimum absolute atomic E-state index is 0.181. The Balaban J connectivity index is 1.20. The Morgan fingerprint density at radius 3 is 2.04 bits per heavy atom. The molecule has 5 rings (SSSR count). The van der Waals surface area contributed by atoms with Gasteiger partial charge in [0, 0.05) is 85.4 Å². The number of unbranched alkanes of at least 4 members (excludes halogenated alkanes) is 11. The van der Waals surface area contributed by atoms with Crippen LogP contribution in [0.3, 0.4) is 0 Å². The smallest absolute Gasteiger partial charge is 0.210 e. The predicted octanol–water partition coefficient (Wildman–Crippen LogP) is 7.46. The van der Waals surface area contributed by atoms with E-state index in [-0.39, 0.29) is 16.4 Å².